The molecule has 5 heteroatoms. The Labute approximate surface area is 106 Å². The highest BCUT2D eigenvalue weighted by atomic mass is 19.1. The van der Waals surface area contributed by atoms with Crippen molar-refractivity contribution < 1.29 is 14.3 Å². The van der Waals surface area contributed by atoms with Crippen LogP contribution < -0.4 is 10.6 Å². The number of halogens is 1. The van der Waals surface area contributed by atoms with Gasteiger partial charge in [0.05, 0.1) is 12.6 Å². The van der Waals surface area contributed by atoms with Crippen LogP contribution in [0.4, 0.5) is 10.1 Å². The number of anilines is 1. The first kappa shape index (κ1) is 14.6. The Morgan fingerprint density at radius 2 is 2.06 bits per heavy atom. The van der Waals surface area contributed by atoms with Gasteiger partial charge in [0.1, 0.15) is 5.82 Å². The Hall–Kier alpha value is -1.46. The minimum absolute atomic E-state index is 0.174. The van der Waals surface area contributed by atoms with Crippen molar-refractivity contribution in [2.24, 2.45) is 0 Å². The molecule has 100 valence electrons. The summed E-state index contributed by atoms with van der Waals surface area (Å²) in [4.78, 5) is 11.5. The van der Waals surface area contributed by atoms with Gasteiger partial charge in [0, 0.05) is 5.69 Å². The number of carbonyl (C=O) groups is 1. The summed E-state index contributed by atoms with van der Waals surface area (Å²) in [5.41, 5.74) is 0.566. The van der Waals surface area contributed by atoms with Gasteiger partial charge in [0.25, 0.3) is 0 Å². The van der Waals surface area contributed by atoms with E-state index in [0.29, 0.717) is 25.1 Å². The Kier molecular flexibility index (Phi) is 6.32. The minimum Gasteiger partial charge on any atom is -0.393 e. The molecule has 1 aromatic rings. The number of hydrogen-bond acceptors (Lipinski definition) is 3. The molecule has 1 rings (SSSR count). The molecule has 0 aliphatic carbocycles. The van der Waals surface area contributed by atoms with Crippen LogP contribution in [-0.2, 0) is 4.79 Å². The second-order valence-corrected chi connectivity index (χ2v) is 4.08. The summed E-state index contributed by atoms with van der Waals surface area (Å²) in [6, 6.07) is 5.60. The predicted octanol–water partition coefficient (Wildman–Crippen LogP) is 1.51. The summed E-state index contributed by atoms with van der Waals surface area (Å²) in [6.45, 7) is 2.67. The fourth-order valence-electron chi connectivity index (χ4n) is 1.41. The molecule has 1 aromatic carbocycles. The second kappa shape index (κ2) is 7.79. The lowest BCUT2D eigenvalue weighted by Gasteiger charge is -2.09. The van der Waals surface area contributed by atoms with E-state index in [1.54, 1.807) is 0 Å². The molecular weight excluding hydrogens is 235 g/mol. The van der Waals surface area contributed by atoms with Crippen LogP contribution in [0.1, 0.15) is 19.8 Å². The smallest absolute Gasteiger partial charge is 0.238 e. The lowest BCUT2D eigenvalue weighted by Crippen LogP contribution is -2.30. The van der Waals surface area contributed by atoms with E-state index in [2.05, 4.69) is 10.6 Å². The summed E-state index contributed by atoms with van der Waals surface area (Å²) >= 11 is 0. The van der Waals surface area contributed by atoms with Crippen LogP contribution >= 0.6 is 0 Å². The van der Waals surface area contributed by atoms with Crippen molar-refractivity contribution >= 4 is 11.6 Å². The van der Waals surface area contributed by atoms with Crippen molar-refractivity contribution in [1.82, 2.24) is 5.32 Å². The summed E-state index contributed by atoms with van der Waals surface area (Å²) < 4.78 is 12.6. The van der Waals surface area contributed by atoms with Crippen molar-refractivity contribution in [1.29, 1.82) is 0 Å². The maximum atomic E-state index is 12.6. The molecule has 1 unspecified atom stereocenters. The molecule has 0 spiro atoms. The molecule has 0 aliphatic heterocycles. The Balaban J connectivity index is 2.19. The van der Waals surface area contributed by atoms with Gasteiger partial charge in [-0.1, -0.05) is 6.92 Å². The van der Waals surface area contributed by atoms with Crippen molar-refractivity contribution in [2.45, 2.75) is 25.9 Å². The van der Waals surface area contributed by atoms with Crippen LogP contribution in [-0.4, -0.2) is 30.2 Å². The van der Waals surface area contributed by atoms with Gasteiger partial charge < -0.3 is 15.7 Å². The molecule has 0 aromatic heterocycles. The van der Waals surface area contributed by atoms with E-state index in [4.69, 9.17) is 0 Å². The Bertz CT molecular complexity index is 368. The van der Waals surface area contributed by atoms with Gasteiger partial charge in [0.15, 0.2) is 0 Å². The first-order chi connectivity index (χ1) is 8.61. The third-order valence-electron chi connectivity index (χ3n) is 2.54. The van der Waals surface area contributed by atoms with E-state index in [1.807, 2.05) is 6.92 Å². The van der Waals surface area contributed by atoms with Gasteiger partial charge in [-0.3, -0.25) is 4.79 Å². The van der Waals surface area contributed by atoms with E-state index in [9.17, 15) is 14.3 Å². The molecule has 0 saturated heterocycles. The third-order valence-corrected chi connectivity index (χ3v) is 2.54. The first-order valence-corrected chi connectivity index (χ1v) is 6.06. The SMILES string of the molecule is CCC(O)CCNCC(=O)Nc1ccc(F)cc1. The van der Waals surface area contributed by atoms with Crippen molar-refractivity contribution in [3.63, 3.8) is 0 Å². The normalized spacial score (nSPS) is 12.2. The molecule has 4 nitrogen and oxygen atoms in total. The molecule has 0 aliphatic rings. The van der Waals surface area contributed by atoms with Crippen molar-refractivity contribution in [3.8, 4) is 0 Å². The average Bonchev–Trinajstić information content (AvgIpc) is 2.37. The zero-order valence-corrected chi connectivity index (χ0v) is 10.4. The molecule has 18 heavy (non-hydrogen) atoms. The number of rotatable bonds is 7. The average molecular weight is 254 g/mol. The lowest BCUT2D eigenvalue weighted by molar-refractivity contribution is -0.115. The fourth-order valence-corrected chi connectivity index (χ4v) is 1.41. The molecule has 0 heterocycles. The number of nitrogens with one attached hydrogen (secondary N) is 2. The third kappa shape index (κ3) is 5.75. The molecule has 0 radical (unpaired) electrons. The second-order valence-electron chi connectivity index (χ2n) is 4.08. The Morgan fingerprint density at radius 3 is 2.67 bits per heavy atom. The summed E-state index contributed by atoms with van der Waals surface area (Å²) in [5, 5.41) is 14.9. The van der Waals surface area contributed by atoms with Crippen molar-refractivity contribution in [3.05, 3.63) is 30.1 Å². The number of carbonyl (C=O) groups excluding carboxylic acids is 1. The fraction of sp³-hybridized carbons (Fsp3) is 0.462. The standard InChI is InChI=1S/C13H19FN2O2/c1-2-12(17)7-8-15-9-13(18)16-11-5-3-10(14)4-6-11/h3-6,12,15,17H,2,7-9H2,1H3,(H,16,18). The molecule has 0 bridgehead atoms. The maximum absolute atomic E-state index is 12.6. The monoisotopic (exact) mass is 254 g/mol. The van der Waals surface area contributed by atoms with Crippen LogP contribution in [0.25, 0.3) is 0 Å². The molecule has 1 atom stereocenters. The highest BCUT2D eigenvalue weighted by molar-refractivity contribution is 5.92. The largest absolute Gasteiger partial charge is 0.393 e. The van der Waals surface area contributed by atoms with Gasteiger partial charge in [0.2, 0.25) is 5.91 Å². The number of aliphatic hydroxyl groups excluding tert-OH is 1. The molecule has 0 saturated carbocycles. The zero-order chi connectivity index (χ0) is 13.4. The van der Waals surface area contributed by atoms with E-state index >= 15 is 0 Å². The number of benzene rings is 1. The van der Waals surface area contributed by atoms with Gasteiger partial charge in [-0.05, 0) is 43.7 Å². The van der Waals surface area contributed by atoms with Crippen LogP contribution in [0.3, 0.4) is 0 Å². The van der Waals surface area contributed by atoms with Crippen LogP contribution in [0.15, 0.2) is 24.3 Å². The molecule has 0 fully saturated rings. The van der Waals surface area contributed by atoms with E-state index in [1.165, 1.54) is 24.3 Å². The zero-order valence-electron chi connectivity index (χ0n) is 10.4. The van der Waals surface area contributed by atoms with Crippen LogP contribution in [0, 0.1) is 5.82 Å². The highest BCUT2D eigenvalue weighted by Crippen LogP contribution is 2.07. The van der Waals surface area contributed by atoms with Gasteiger partial charge in [-0.15, -0.1) is 0 Å². The number of amides is 1. The Morgan fingerprint density at radius 1 is 1.39 bits per heavy atom. The van der Waals surface area contributed by atoms with E-state index in [0.717, 1.165) is 0 Å². The number of hydrogen-bond donors (Lipinski definition) is 3. The van der Waals surface area contributed by atoms with Crippen LogP contribution in [0.2, 0.25) is 0 Å². The van der Waals surface area contributed by atoms with Gasteiger partial charge in [-0.25, -0.2) is 4.39 Å². The van der Waals surface area contributed by atoms with Gasteiger partial charge in [-0.2, -0.15) is 0 Å². The van der Waals surface area contributed by atoms with Gasteiger partial charge >= 0.3 is 0 Å². The quantitative estimate of drug-likeness (QED) is 0.646. The topological polar surface area (TPSA) is 61.4 Å². The summed E-state index contributed by atoms with van der Waals surface area (Å²) in [7, 11) is 0. The van der Waals surface area contributed by atoms with Crippen molar-refractivity contribution in [2.75, 3.05) is 18.4 Å². The number of aliphatic hydroxyl groups is 1. The lowest BCUT2D eigenvalue weighted by atomic mass is 10.2. The minimum atomic E-state index is -0.334. The summed E-state index contributed by atoms with van der Waals surface area (Å²) in [5.74, 6) is -0.521. The molecule has 3 N–H and O–H groups in total. The molecule has 1 amide bonds. The van der Waals surface area contributed by atoms with E-state index in [-0.39, 0.29) is 24.4 Å². The highest BCUT2D eigenvalue weighted by Gasteiger charge is 2.03. The summed E-state index contributed by atoms with van der Waals surface area (Å²) in [6.07, 6.45) is 1.02. The van der Waals surface area contributed by atoms with Crippen LogP contribution in [0.5, 0.6) is 0 Å². The predicted molar refractivity (Wildman–Crippen MR) is 68.8 cm³/mol. The maximum Gasteiger partial charge on any atom is 0.238 e. The first-order valence-electron chi connectivity index (χ1n) is 6.06. The molecular formula is C13H19FN2O2. The van der Waals surface area contributed by atoms with E-state index < -0.39 is 0 Å².